The van der Waals surface area contributed by atoms with Crippen molar-refractivity contribution in [1.29, 1.82) is 0 Å². The minimum atomic E-state index is -0.319. The first-order valence-electron chi connectivity index (χ1n) is 9.22. The Balaban J connectivity index is 1.69. The topological polar surface area (TPSA) is 85.4 Å². The number of methoxy groups -OCH3 is 2. The third-order valence-electron chi connectivity index (χ3n) is 4.39. The molecule has 0 radical (unpaired) electrons. The Kier molecular flexibility index (Phi) is 6.29. The molecule has 2 N–H and O–H groups in total. The molecule has 0 atom stereocenters. The zero-order valence-corrected chi connectivity index (χ0v) is 16.9. The Bertz CT molecular complexity index is 970. The zero-order valence-electron chi connectivity index (χ0n) is 16.9. The standard InChI is InChI=1S/C22H24N4O3/c1-14(2)15-5-7-16(8-6-15)25-22(27)19-12-24-21(13-23-19)26-18-11-17(28-3)9-10-20(18)29-4/h5-14H,1-4H3,(H,24,26)(H,25,27). The van der Waals surface area contributed by atoms with Gasteiger partial charge in [0, 0.05) is 11.8 Å². The average molecular weight is 392 g/mol. The molecular weight excluding hydrogens is 368 g/mol. The van der Waals surface area contributed by atoms with E-state index in [1.54, 1.807) is 32.4 Å². The van der Waals surface area contributed by atoms with Crippen LogP contribution in [-0.2, 0) is 0 Å². The maximum Gasteiger partial charge on any atom is 0.275 e. The predicted octanol–water partition coefficient (Wildman–Crippen LogP) is 4.61. The lowest BCUT2D eigenvalue weighted by Crippen LogP contribution is -2.14. The zero-order chi connectivity index (χ0) is 20.8. The first-order valence-corrected chi connectivity index (χ1v) is 9.22. The molecule has 1 heterocycles. The van der Waals surface area contributed by atoms with Crippen molar-refractivity contribution in [2.45, 2.75) is 19.8 Å². The number of ether oxygens (including phenoxy) is 2. The van der Waals surface area contributed by atoms with E-state index < -0.39 is 0 Å². The van der Waals surface area contributed by atoms with Crippen LogP contribution in [-0.4, -0.2) is 30.1 Å². The Hall–Kier alpha value is -3.61. The molecule has 0 aliphatic rings. The lowest BCUT2D eigenvalue weighted by Gasteiger charge is -2.12. The van der Waals surface area contributed by atoms with Crippen molar-refractivity contribution in [2.24, 2.45) is 0 Å². The Morgan fingerprint density at radius 2 is 1.72 bits per heavy atom. The minimum absolute atomic E-state index is 0.223. The molecule has 2 aromatic carbocycles. The van der Waals surface area contributed by atoms with E-state index in [9.17, 15) is 4.79 Å². The van der Waals surface area contributed by atoms with Gasteiger partial charge in [-0.2, -0.15) is 0 Å². The largest absolute Gasteiger partial charge is 0.497 e. The smallest absolute Gasteiger partial charge is 0.275 e. The summed E-state index contributed by atoms with van der Waals surface area (Å²) in [4.78, 5) is 20.9. The Morgan fingerprint density at radius 1 is 0.966 bits per heavy atom. The van der Waals surface area contributed by atoms with Crippen LogP contribution in [0.3, 0.4) is 0 Å². The highest BCUT2D eigenvalue weighted by Crippen LogP contribution is 2.30. The number of amides is 1. The van der Waals surface area contributed by atoms with Crippen molar-refractivity contribution < 1.29 is 14.3 Å². The highest BCUT2D eigenvalue weighted by Gasteiger charge is 2.11. The van der Waals surface area contributed by atoms with Crippen LogP contribution < -0.4 is 20.1 Å². The van der Waals surface area contributed by atoms with Crippen LogP contribution in [0.25, 0.3) is 0 Å². The molecular formula is C22H24N4O3. The third kappa shape index (κ3) is 5.01. The van der Waals surface area contributed by atoms with Crippen molar-refractivity contribution in [3.8, 4) is 11.5 Å². The number of aromatic nitrogens is 2. The number of anilines is 3. The molecule has 3 rings (SSSR count). The van der Waals surface area contributed by atoms with Crippen molar-refractivity contribution >= 4 is 23.1 Å². The van der Waals surface area contributed by atoms with E-state index in [1.165, 1.54) is 18.0 Å². The molecule has 0 spiro atoms. The number of nitrogens with zero attached hydrogens (tertiary/aromatic N) is 2. The van der Waals surface area contributed by atoms with Crippen LogP contribution in [0.4, 0.5) is 17.2 Å². The summed E-state index contributed by atoms with van der Waals surface area (Å²) in [5.74, 6) is 1.92. The molecule has 0 saturated carbocycles. The summed E-state index contributed by atoms with van der Waals surface area (Å²) in [6.07, 6.45) is 2.92. The van der Waals surface area contributed by atoms with Gasteiger partial charge in [-0.25, -0.2) is 9.97 Å². The van der Waals surface area contributed by atoms with E-state index >= 15 is 0 Å². The molecule has 0 fully saturated rings. The molecule has 0 saturated heterocycles. The number of carbonyl (C=O) groups excluding carboxylic acids is 1. The average Bonchev–Trinajstić information content (AvgIpc) is 2.74. The van der Waals surface area contributed by atoms with Crippen LogP contribution in [0.2, 0.25) is 0 Å². The summed E-state index contributed by atoms with van der Waals surface area (Å²) in [5, 5.41) is 5.95. The number of hydrogen-bond donors (Lipinski definition) is 2. The van der Waals surface area contributed by atoms with Gasteiger partial charge in [0.1, 0.15) is 23.0 Å². The van der Waals surface area contributed by atoms with Gasteiger partial charge in [-0.05, 0) is 35.7 Å². The van der Waals surface area contributed by atoms with Gasteiger partial charge >= 0.3 is 0 Å². The Morgan fingerprint density at radius 3 is 2.31 bits per heavy atom. The summed E-state index contributed by atoms with van der Waals surface area (Å²) in [6, 6.07) is 13.2. The van der Waals surface area contributed by atoms with Gasteiger partial charge in [0.2, 0.25) is 0 Å². The van der Waals surface area contributed by atoms with E-state index in [-0.39, 0.29) is 11.6 Å². The first-order chi connectivity index (χ1) is 14.0. The maximum absolute atomic E-state index is 12.4. The van der Waals surface area contributed by atoms with E-state index in [1.807, 2.05) is 24.3 Å². The normalized spacial score (nSPS) is 10.5. The quantitative estimate of drug-likeness (QED) is 0.611. The second-order valence-corrected chi connectivity index (χ2v) is 6.71. The van der Waals surface area contributed by atoms with Crippen molar-refractivity contribution in [1.82, 2.24) is 9.97 Å². The lowest BCUT2D eigenvalue weighted by molar-refractivity contribution is 0.102. The number of hydrogen-bond acceptors (Lipinski definition) is 6. The van der Waals surface area contributed by atoms with Crippen LogP contribution >= 0.6 is 0 Å². The van der Waals surface area contributed by atoms with Crippen molar-refractivity contribution in [3.05, 3.63) is 66.1 Å². The van der Waals surface area contributed by atoms with E-state index in [0.29, 0.717) is 34.6 Å². The summed E-state index contributed by atoms with van der Waals surface area (Å²) in [7, 11) is 3.18. The Labute approximate surface area is 170 Å². The fraction of sp³-hybridized carbons (Fsp3) is 0.227. The fourth-order valence-electron chi connectivity index (χ4n) is 2.71. The molecule has 1 amide bonds. The number of nitrogens with one attached hydrogen (secondary N) is 2. The van der Waals surface area contributed by atoms with E-state index in [4.69, 9.17) is 9.47 Å². The lowest BCUT2D eigenvalue weighted by atomic mass is 10.0. The molecule has 3 aromatic rings. The second-order valence-electron chi connectivity index (χ2n) is 6.71. The van der Waals surface area contributed by atoms with Gasteiger partial charge in [-0.15, -0.1) is 0 Å². The second kappa shape index (κ2) is 9.05. The van der Waals surface area contributed by atoms with Crippen LogP contribution in [0.15, 0.2) is 54.9 Å². The van der Waals surface area contributed by atoms with Gasteiger partial charge in [0.25, 0.3) is 5.91 Å². The highest BCUT2D eigenvalue weighted by molar-refractivity contribution is 6.02. The number of carbonyl (C=O) groups is 1. The third-order valence-corrected chi connectivity index (χ3v) is 4.39. The van der Waals surface area contributed by atoms with Gasteiger partial charge in [0.15, 0.2) is 0 Å². The molecule has 0 unspecified atom stereocenters. The highest BCUT2D eigenvalue weighted by atomic mass is 16.5. The maximum atomic E-state index is 12.4. The molecule has 29 heavy (non-hydrogen) atoms. The first kappa shape index (κ1) is 20.1. The number of rotatable bonds is 7. The molecule has 0 aliphatic carbocycles. The van der Waals surface area contributed by atoms with Gasteiger partial charge in [-0.1, -0.05) is 26.0 Å². The fourth-order valence-corrected chi connectivity index (χ4v) is 2.71. The molecule has 0 aliphatic heterocycles. The summed E-state index contributed by atoms with van der Waals surface area (Å²) >= 11 is 0. The van der Waals surface area contributed by atoms with Crippen LogP contribution in [0.1, 0.15) is 35.8 Å². The molecule has 150 valence electrons. The summed E-state index contributed by atoms with van der Waals surface area (Å²) < 4.78 is 10.6. The summed E-state index contributed by atoms with van der Waals surface area (Å²) in [5.41, 5.74) is 2.83. The monoisotopic (exact) mass is 392 g/mol. The minimum Gasteiger partial charge on any atom is -0.497 e. The SMILES string of the molecule is COc1ccc(OC)c(Nc2cnc(C(=O)Nc3ccc(C(C)C)cc3)cn2)c1. The van der Waals surface area contributed by atoms with Crippen molar-refractivity contribution in [2.75, 3.05) is 24.9 Å². The van der Waals surface area contributed by atoms with Gasteiger partial charge in [-0.3, -0.25) is 4.79 Å². The summed E-state index contributed by atoms with van der Waals surface area (Å²) in [6.45, 7) is 4.25. The van der Waals surface area contributed by atoms with Crippen LogP contribution in [0, 0.1) is 0 Å². The van der Waals surface area contributed by atoms with E-state index in [2.05, 4.69) is 34.4 Å². The van der Waals surface area contributed by atoms with E-state index in [0.717, 1.165) is 0 Å². The number of benzene rings is 2. The van der Waals surface area contributed by atoms with Crippen LogP contribution in [0.5, 0.6) is 11.5 Å². The molecule has 0 bridgehead atoms. The van der Waals surface area contributed by atoms with Gasteiger partial charge < -0.3 is 20.1 Å². The van der Waals surface area contributed by atoms with Crippen molar-refractivity contribution in [3.63, 3.8) is 0 Å². The predicted molar refractivity (Wildman–Crippen MR) is 113 cm³/mol. The van der Waals surface area contributed by atoms with Gasteiger partial charge in [0.05, 0.1) is 32.3 Å². The molecule has 1 aromatic heterocycles. The molecule has 7 heteroatoms. The molecule has 7 nitrogen and oxygen atoms in total.